The van der Waals surface area contributed by atoms with Crippen LogP contribution in [-0.4, -0.2) is 53.2 Å². The van der Waals surface area contributed by atoms with E-state index in [1.165, 1.54) is 0 Å². The molecule has 2 aliphatic heterocycles. The summed E-state index contributed by atoms with van der Waals surface area (Å²) in [5.74, 6) is -1.14. The van der Waals surface area contributed by atoms with Crippen LogP contribution < -0.4 is 15.1 Å². The molecule has 0 spiro atoms. The van der Waals surface area contributed by atoms with Gasteiger partial charge in [-0.15, -0.1) is 0 Å². The second-order valence-electron chi connectivity index (χ2n) is 7.07. The van der Waals surface area contributed by atoms with Crippen LogP contribution in [0.2, 0.25) is 6.32 Å². The van der Waals surface area contributed by atoms with Gasteiger partial charge >= 0.3 is 13.1 Å². The fourth-order valence-corrected chi connectivity index (χ4v) is 3.48. The van der Waals surface area contributed by atoms with Gasteiger partial charge in [-0.25, -0.2) is 4.79 Å². The summed E-state index contributed by atoms with van der Waals surface area (Å²) in [5, 5.41) is 19.3. The Labute approximate surface area is 168 Å². The second kappa shape index (κ2) is 7.66. The predicted octanol–water partition coefficient (Wildman–Crippen LogP) is 0.690. The highest BCUT2D eigenvalue weighted by molar-refractivity contribution is 6.44. The fraction of sp³-hybridized carbons (Fsp3) is 0.300. The summed E-state index contributed by atoms with van der Waals surface area (Å²) in [5.41, 5.74) is 7.27. The van der Waals surface area contributed by atoms with E-state index in [1.807, 2.05) is 0 Å². The van der Waals surface area contributed by atoms with Crippen LogP contribution in [-0.2, 0) is 11.2 Å². The van der Waals surface area contributed by atoms with E-state index in [4.69, 9.17) is 15.1 Å². The van der Waals surface area contributed by atoms with Gasteiger partial charge in [0.1, 0.15) is 29.2 Å². The molecule has 148 valence electrons. The number of carboxylic acids is 1. The number of ether oxygens (including phenoxy) is 1. The van der Waals surface area contributed by atoms with E-state index < -0.39 is 19.1 Å². The minimum atomic E-state index is -1.20. The molecule has 1 saturated heterocycles. The largest absolute Gasteiger partial charge is 0.535 e. The number of nitrogens with zero attached hydrogens (tertiary/aromatic N) is 1. The lowest BCUT2D eigenvalue weighted by molar-refractivity contribution is -0.141. The van der Waals surface area contributed by atoms with Gasteiger partial charge in [-0.3, -0.25) is 4.79 Å². The number of carboxylic acid groups (broad SMARTS) is 1. The standard InChI is InChI=1S/C20H19BN2O6/c22-17(12-4-2-1-3-5-12)19(24)23-10-14(11-23)28-15-7-6-13-8-9-21(27)29-18(13)16(15)20(25)26/h2,4-7,14,17,27H,8-11,22H2,(H,25,26)/t17-/m1/s1. The number of carbonyl (C=O) groups is 2. The molecule has 0 radical (unpaired) electrons. The maximum Gasteiger partial charge on any atom is 0.522 e. The van der Waals surface area contributed by atoms with Crippen LogP contribution >= 0.6 is 0 Å². The summed E-state index contributed by atoms with van der Waals surface area (Å²) in [6, 6.07) is 13.0. The third-order valence-electron chi connectivity index (χ3n) is 5.09. The molecule has 8 nitrogen and oxygen atoms in total. The van der Waals surface area contributed by atoms with E-state index in [0.29, 0.717) is 37.0 Å². The SMILES string of the molecule is N[C@@H](C(=O)N1CC(Oc2ccc3c(c2C(=O)O)OB(O)CC3)C1)c1cc#ccc1. The Morgan fingerprint density at radius 3 is 2.79 bits per heavy atom. The summed E-state index contributed by atoms with van der Waals surface area (Å²) in [7, 11) is -1.04. The lowest BCUT2D eigenvalue weighted by Crippen LogP contribution is -2.58. The van der Waals surface area contributed by atoms with E-state index in [9.17, 15) is 19.7 Å². The monoisotopic (exact) mass is 394 g/mol. The quantitative estimate of drug-likeness (QED) is 0.638. The molecule has 9 heteroatoms. The minimum Gasteiger partial charge on any atom is -0.535 e. The molecule has 2 aliphatic rings. The number of fused-ring (bicyclic) bond motifs is 1. The Kier molecular flexibility index (Phi) is 5.05. The topological polar surface area (TPSA) is 122 Å². The third kappa shape index (κ3) is 3.72. The Morgan fingerprint density at radius 2 is 2.10 bits per heavy atom. The maximum absolute atomic E-state index is 12.5. The highest BCUT2D eigenvalue weighted by Crippen LogP contribution is 2.37. The molecule has 1 atom stereocenters. The molecule has 29 heavy (non-hydrogen) atoms. The van der Waals surface area contributed by atoms with Crippen molar-refractivity contribution in [3.8, 4) is 11.5 Å². The van der Waals surface area contributed by atoms with Gasteiger partial charge < -0.3 is 30.2 Å². The van der Waals surface area contributed by atoms with Gasteiger partial charge in [-0.1, -0.05) is 18.2 Å². The van der Waals surface area contributed by atoms with Crippen LogP contribution in [0.15, 0.2) is 30.3 Å². The molecule has 4 rings (SSSR count). The lowest BCUT2D eigenvalue weighted by Gasteiger charge is -2.40. The number of hydrogen-bond donors (Lipinski definition) is 3. The fourth-order valence-electron chi connectivity index (χ4n) is 3.48. The Balaban J connectivity index is 1.43. The molecule has 2 aromatic rings. The summed E-state index contributed by atoms with van der Waals surface area (Å²) in [6.07, 6.45) is 0.574. The van der Waals surface area contributed by atoms with Gasteiger partial charge in [-0.2, -0.15) is 0 Å². The first-order valence-electron chi connectivity index (χ1n) is 9.26. The summed E-state index contributed by atoms with van der Waals surface area (Å²) < 4.78 is 11.2. The van der Waals surface area contributed by atoms with Crippen molar-refractivity contribution in [1.29, 1.82) is 0 Å². The van der Waals surface area contributed by atoms with Crippen molar-refractivity contribution >= 4 is 19.0 Å². The van der Waals surface area contributed by atoms with Gasteiger partial charge in [0, 0.05) is 0 Å². The highest BCUT2D eigenvalue weighted by atomic mass is 16.5. The molecule has 4 N–H and O–H groups in total. The highest BCUT2D eigenvalue weighted by Gasteiger charge is 2.37. The molecule has 1 fully saturated rings. The average molecular weight is 394 g/mol. The van der Waals surface area contributed by atoms with Crippen LogP contribution in [0.25, 0.3) is 0 Å². The molecule has 0 aromatic heterocycles. The van der Waals surface area contributed by atoms with Crippen molar-refractivity contribution < 1.29 is 29.1 Å². The zero-order chi connectivity index (χ0) is 20.5. The smallest absolute Gasteiger partial charge is 0.522 e. The van der Waals surface area contributed by atoms with Crippen LogP contribution in [0.1, 0.15) is 27.5 Å². The summed E-state index contributed by atoms with van der Waals surface area (Å²) in [4.78, 5) is 25.8. The number of aromatic carboxylic acids is 1. The van der Waals surface area contributed by atoms with Crippen molar-refractivity contribution in [2.24, 2.45) is 5.73 Å². The molecule has 0 saturated carbocycles. The second-order valence-corrected chi connectivity index (χ2v) is 7.07. The molecule has 1 amide bonds. The first kappa shape index (κ1) is 19.1. The van der Waals surface area contributed by atoms with Crippen LogP contribution in [0.4, 0.5) is 0 Å². The van der Waals surface area contributed by atoms with Crippen LogP contribution in [0.3, 0.4) is 0 Å². The van der Waals surface area contributed by atoms with Crippen molar-refractivity contribution in [2.75, 3.05) is 13.1 Å². The van der Waals surface area contributed by atoms with Crippen LogP contribution in [0, 0.1) is 12.1 Å². The van der Waals surface area contributed by atoms with Crippen LogP contribution in [0.5, 0.6) is 11.5 Å². The zero-order valence-electron chi connectivity index (χ0n) is 15.5. The summed E-state index contributed by atoms with van der Waals surface area (Å²) in [6.45, 7) is 0.601. The molecule has 0 bridgehead atoms. The Hall–Kier alpha value is -3.22. The normalized spacial score (nSPS) is 16.8. The van der Waals surface area contributed by atoms with E-state index in [1.54, 1.807) is 35.2 Å². The number of hydrogen-bond acceptors (Lipinski definition) is 6. The first-order valence-corrected chi connectivity index (χ1v) is 9.26. The summed E-state index contributed by atoms with van der Waals surface area (Å²) >= 11 is 0. The first-order chi connectivity index (χ1) is 13.9. The third-order valence-corrected chi connectivity index (χ3v) is 5.09. The van der Waals surface area contributed by atoms with Crippen molar-refractivity contribution in [1.82, 2.24) is 4.90 Å². The molecule has 2 aromatic carbocycles. The van der Waals surface area contributed by atoms with E-state index in [2.05, 4.69) is 12.1 Å². The van der Waals surface area contributed by atoms with Crippen molar-refractivity contribution in [2.45, 2.75) is 24.9 Å². The van der Waals surface area contributed by atoms with E-state index in [-0.39, 0.29) is 29.1 Å². The number of nitrogens with two attached hydrogens (primary N) is 1. The number of rotatable bonds is 5. The minimum absolute atomic E-state index is 0.112. The van der Waals surface area contributed by atoms with Gasteiger partial charge in [0.15, 0.2) is 0 Å². The Bertz CT molecular complexity index is 932. The number of carbonyl (C=O) groups excluding carboxylic acids is 1. The van der Waals surface area contributed by atoms with E-state index >= 15 is 0 Å². The molecular weight excluding hydrogens is 375 g/mol. The molecule has 0 unspecified atom stereocenters. The number of aryl methyl sites for hydroxylation is 1. The lowest BCUT2D eigenvalue weighted by atomic mass is 9.78. The van der Waals surface area contributed by atoms with Gasteiger partial charge in [0.25, 0.3) is 0 Å². The number of amides is 1. The number of likely N-dealkylation sites (tertiary alicyclic amines) is 1. The molecule has 2 heterocycles. The molecule has 0 aliphatic carbocycles. The van der Waals surface area contributed by atoms with Crippen molar-refractivity contribution in [3.63, 3.8) is 0 Å². The van der Waals surface area contributed by atoms with Crippen molar-refractivity contribution in [3.05, 3.63) is 59.2 Å². The van der Waals surface area contributed by atoms with Gasteiger partial charge in [0.2, 0.25) is 5.91 Å². The zero-order valence-corrected chi connectivity index (χ0v) is 15.5. The van der Waals surface area contributed by atoms with Gasteiger partial charge in [-0.05, 0) is 48.1 Å². The Morgan fingerprint density at radius 1 is 1.31 bits per heavy atom. The maximum atomic E-state index is 12.5. The van der Waals surface area contributed by atoms with Gasteiger partial charge in [0.05, 0.1) is 13.1 Å². The number of benzene rings is 1. The average Bonchev–Trinajstić information content (AvgIpc) is 2.69. The molecular formula is C20H19BN2O6. The predicted molar refractivity (Wildman–Crippen MR) is 103 cm³/mol. The van der Waals surface area contributed by atoms with E-state index in [0.717, 1.165) is 0 Å².